The van der Waals surface area contributed by atoms with Gasteiger partial charge in [0.25, 0.3) is 0 Å². The molecule has 1 aliphatic rings. The summed E-state index contributed by atoms with van der Waals surface area (Å²) in [4.78, 5) is 8.56. The molecule has 1 aliphatic carbocycles. The quantitative estimate of drug-likeness (QED) is 0.625. The van der Waals surface area contributed by atoms with Crippen LogP contribution in [-0.4, -0.2) is 9.97 Å². The lowest BCUT2D eigenvalue weighted by Crippen LogP contribution is -1.96. The van der Waals surface area contributed by atoms with Gasteiger partial charge >= 0.3 is 0 Å². The van der Waals surface area contributed by atoms with Crippen molar-refractivity contribution in [1.82, 2.24) is 9.97 Å². The Kier molecular flexibility index (Phi) is 4.05. The molecule has 0 saturated carbocycles. The van der Waals surface area contributed by atoms with Crippen molar-refractivity contribution < 1.29 is 0 Å². The van der Waals surface area contributed by atoms with Crippen LogP contribution in [0.1, 0.15) is 32.2 Å². The van der Waals surface area contributed by atoms with Crippen molar-refractivity contribution in [3.63, 3.8) is 0 Å². The van der Waals surface area contributed by atoms with Crippen LogP contribution in [0.2, 0.25) is 0 Å². The van der Waals surface area contributed by atoms with Gasteiger partial charge in [0, 0.05) is 18.8 Å². The molecular formula is C12H16N2. The summed E-state index contributed by atoms with van der Waals surface area (Å²) < 4.78 is 0. The minimum atomic E-state index is 0.886. The first-order valence-corrected chi connectivity index (χ1v) is 5.01. The van der Waals surface area contributed by atoms with E-state index >= 15 is 0 Å². The number of nitrogens with zero attached hydrogens (tertiary/aromatic N) is 2. The number of hydrogen-bond acceptors (Lipinski definition) is 2. The Morgan fingerprint density at radius 2 is 1.86 bits per heavy atom. The maximum absolute atomic E-state index is 4.29. The maximum Gasteiger partial charge on any atom is 0.0877 e. The number of aromatic nitrogens is 2. The first-order chi connectivity index (χ1) is 6.88. The second kappa shape index (κ2) is 5.32. The third-order valence-corrected chi connectivity index (χ3v) is 1.94. The molecule has 0 saturated heterocycles. The summed E-state index contributed by atoms with van der Waals surface area (Å²) >= 11 is 0. The number of hydrogen-bond donors (Lipinski definition) is 0. The molecule has 1 aromatic rings. The highest BCUT2D eigenvalue weighted by atomic mass is 14.8. The van der Waals surface area contributed by atoms with Crippen molar-refractivity contribution in [3.05, 3.63) is 42.0 Å². The van der Waals surface area contributed by atoms with Crippen molar-refractivity contribution in [2.45, 2.75) is 27.2 Å². The van der Waals surface area contributed by atoms with Crippen LogP contribution in [0, 0.1) is 0 Å². The van der Waals surface area contributed by atoms with Gasteiger partial charge in [0.05, 0.1) is 11.4 Å². The van der Waals surface area contributed by atoms with E-state index in [9.17, 15) is 0 Å². The molecule has 2 nitrogen and oxygen atoms in total. The molecule has 0 aromatic carbocycles. The van der Waals surface area contributed by atoms with Gasteiger partial charge in [0.1, 0.15) is 0 Å². The van der Waals surface area contributed by atoms with E-state index in [4.69, 9.17) is 0 Å². The number of rotatable bonds is 0. The molecule has 2 rings (SSSR count). The molecule has 1 aromatic heterocycles. The molecular weight excluding hydrogens is 172 g/mol. The summed E-state index contributed by atoms with van der Waals surface area (Å²) in [5.41, 5.74) is 3.29. The molecule has 0 unspecified atom stereocenters. The molecule has 0 atom stereocenters. The zero-order valence-electron chi connectivity index (χ0n) is 8.99. The summed E-state index contributed by atoms with van der Waals surface area (Å²) in [7, 11) is 0. The second-order valence-corrected chi connectivity index (χ2v) is 2.83. The fraction of sp³-hybridized carbons (Fsp3) is 0.333. The van der Waals surface area contributed by atoms with Crippen molar-refractivity contribution in [2.24, 2.45) is 0 Å². The van der Waals surface area contributed by atoms with Crippen LogP contribution in [0.25, 0.3) is 5.57 Å². The number of allylic oxidation sites excluding steroid dienone is 4. The molecule has 1 heterocycles. The van der Waals surface area contributed by atoms with Gasteiger partial charge < -0.3 is 0 Å². The Morgan fingerprint density at radius 1 is 1.14 bits per heavy atom. The molecule has 0 fully saturated rings. The van der Waals surface area contributed by atoms with Gasteiger partial charge in [-0.25, -0.2) is 0 Å². The lowest BCUT2D eigenvalue weighted by atomic mass is 10.1. The average molecular weight is 188 g/mol. The van der Waals surface area contributed by atoms with Crippen LogP contribution < -0.4 is 0 Å². The van der Waals surface area contributed by atoms with E-state index < -0.39 is 0 Å². The van der Waals surface area contributed by atoms with Gasteiger partial charge in [-0.1, -0.05) is 32.1 Å². The van der Waals surface area contributed by atoms with E-state index in [0.717, 1.165) is 17.8 Å². The lowest BCUT2D eigenvalue weighted by molar-refractivity contribution is 1.04. The van der Waals surface area contributed by atoms with Crippen LogP contribution in [0.15, 0.2) is 30.6 Å². The van der Waals surface area contributed by atoms with E-state index in [1.54, 1.807) is 12.4 Å². The smallest absolute Gasteiger partial charge is 0.0877 e. The van der Waals surface area contributed by atoms with E-state index in [1.807, 2.05) is 13.8 Å². The van der Waals surface area contributed by atoms with Crippen molar-refractivity contribution in [1.29, 1.82) is 0 Å². The van der Waals surface area contributed by atoms with Gasteiger partial charge in [0.2, 0.25) is 0 Å². The van der Waals surface area contributed by atoms with E-state index in [1.165, 1.54) is 5.57 Å². The van der Waals surface area contributed by atoms with Gasteiger partial charge in [-0.2, -0.15) is 0 Å². The molecule has 0 spiro atoms. The highest BCUT2D eigenvalue weighted by Crippen LogP contribution is 2.17. The van der Waals surface area contributed by atoms with E-state index in [0.29, 0.717) is 0 Å². The lowest BCUT2D eigenvalue weighted by Gasteiger charge is -2.02. The third kappa shape index (κ3) is 2.28. The predicted molar refractivity (Wildman–Crippen MR) is 59.9 cm³/mol. The molecule has 2 heteroatoms. The molecule has 0 aliphatic heterocycles. The summed E-state index contributed by atoms with van der Waals surface area (Å²) in [6.45, 7) is 6.06. The molecule has 0 radical (unpaired) electrons. The molecule has 0 N–H and O–H groups in total. The summed E-state index contributed by atoms with van der Waals surface area (Å²) in [6.07, 6.45) is 10.6. The SMILES string of the molecule is CC.CC1=CC=CCc2nccnc21. The van der Waals surface area contributed by atoms with Crippen LogP contribution in [0.3, 0.4) is 0 Å². The standard InChI is InChI=1S/C10H10N2.C2H6/c1-8-4-2-3-5-9-10(8)12-7-6-11-9;1-2/h2-4,6-7H,5H2,1H3;1-2H3. The van der Waals surface area contributed by atoms with Crippen LogP contribution in [-0.2, 0) is 6.42 Å². The van der Waals surface area contributed by atoms with Crippen LogP contribution >= 0.6 is 0 Å². The normalized spacial score (nSPS) is 13.2. The second-order valence-electron chi connectivity index (χ2n) is 2.83. The first kappa shape index (κ1) is 10.6. The highest BCUT2D eigenvalue weighted by Gasteiger charge is 2.06. The van der Waals surface area contributed by atoms with Crippen molar-refractivity contribution >= 4 is 5.57 Å². The molecule has 74 valence electrons. The zero-order chi connectivity index (χ0) is 10.4. The largest absolute Gasteiger partial charge is 0.257 e. The summed E-state index contributed by atoms with van der Waals surface area (Å²) in [5, 5.41) is 0. The van der Waals surface area contributed by atoms with Gasteiger partial charge in [-0.15, -0.1) is 0 Å². The van der Waals surface area contributed by atoms with Gasteiger partial charge in [-0.3, -0.25) is 9.97 Å². The van der Waals surface area contributed by atoms with Gasteiger partial charge in [-0.05, 0) is 12.5 Å². The van der Waals surface area contributed by atoms with E-state index in [2.05, 4.69) is 35.1 Å². The van der Waals surface area contributed by atoms with E-state index in [-0.39, 0.29) is 0 Å². The van der Waals surface area contributed by atoms with Crippen LogP contribution in [0.4, 0.5) is 0 Å². The Labute approximate surface area is 85.4 Å². The fourth-order valence-corrected chi connectivity index (χ4v) is 1.32. The summed E-state index contributed by atoms with van der Waals surface area (Å²) in [6, 6.07) is 0. The minimum absolute atomic E-state index is 0.886. The Bertz CT molecular complexity index is 351. The minimum Gasteiger partial charge on any atom is -0.257 e. The Balaban J connectivity index is 0.000000461. The van der Waals surface area contributed by atoms with Gasteiger partial charge in [0.15, 0.2) is 0 Å². The predicted octanol–water partition coefficient (Wildman–Crippen LogP) is 3.02. The van der Waals surface area contributed by atoms with Crippen LogP contribution in [0.5, 0.6) is 0 Å². The van der Waals surface area contributed by atoms with Crippen molar-refractivity contribution in [3.8, 4) is 0 Å². The highest BCUT2D eigenvalue weighted by molar-refractivity contribution is 5.64. The zero-order valence-corrected chi connectivity index (χ0v) is 8.99. The number of fused-ring (bicyclic) bond motifs is 1. The Hall–Kier alpha value is -1.44. The fourth-order valence-electron chi connectivity index (χ4n) is 1.32. The van der Waals surface area contributed by atoms with Crippen molar-refractivity contribution in [2.75, 3.05) is 0 Å². The maximum atomic E-state index is 4.29. The Morgan fingerprint density at radius 3 is 2.64 bits per heavy atom. The monoisotopic (exact) mass is 188 g/mol. The summed E-state index contributed by atoms with van der Waals surface area (Å²) in [5.74, 6) is 0. The third-order valence-electron chi connectivity index (χ3n) is 1.94. The average Bonchev–Trinajstić information content (AvgIpc) is 2.45. The first-order valence-electron chi connectivity index (χ1n) is 5.01. The molecule has 0 amide bonds. The molecule has 14 heavy (non-hydrogen) atoms. The topological polar surface area (TPSA) is 25.8 Å². The molecule has 0 bridgehead atoms.